The molecule has 0 unspecified atom stereocenters. The topological polar surface area (TPSA) is 80.0 Å². The van der Waals surface area contributed by atoms with Gasteiger partial charge in [-0.25, -0.2) is 4.98 Å². The van der Waals surface area contributed by atoms with Crippen LogP contribution in [0, 0.1) is 5.92 Å². The molecule has 0 spiro atoms. The van der Waals surface area contributed by atoms with Gasteiger partial charge < -0.3 is 10.4 Å². The Labute approximate surface area is 167 Å². The van der Waals surface area contributed by atoms with E-state index in [-0.39, 0.29) is 17.7 Å². The Morgan fingerprint density at radius 2 is 1.89 bits per heavy atom. The summed E-state index contributed by atoms with van der Waals surface area (Å²) in [5, 5.41) is 16.0. The number of pyridine rings is 1. The van der Waals surface area contributed by atoms with Crippen LogP contribution in [0.25, 0.3) is 21.8 Å². The summed E-state index contributed by atoms with van der Waals surface area (Å²) in [7, 11) is 0. The molecule has 28 heavy (non-hydrogen) atoms. The van der Waals surface area contributed by atoms with E-state index >= 15 is 0 Å². The molecule has 146 valence electrons. The lowest BCUT2D eigenvalue weighted by molar-refractivity contribution is 0.111. The molecule has 0 atom stereocenters. The monoisotopic (exact) mass is 398 g/mol. The van der Waals surface area contributed by atoms with Gasteiger partial charge in [-0.05, 0) is 62.0 Å². The highest BCUT2D eigenvalue weighted by molar-refractivity contribution is 6.31. The molecular formula is C21H23ClN4O2. The van der Waals surface area contributed by atoms with Crippen LogP contribution in [0.15, 0.2) is 29.2 Å². The molecule has 0 saturated heterocycles. The summed E-state index contributed by atoms with van der Waals surface area (Å²) in [6.07, 6.45) is 6.95. The first-order chi connectivity index (χ1) is 13.6. The van der Waals surface area contributed by atoms with E-state index in [1.165, 1.54) is 12.8 Å². The molecule has 2 aromatic heterocycles. The number of aromatic nitrogens is 3. The van der Waals surface area contributed by atoms with E-state index in [1.807, 2.05) is 10.6 Å². The van der Waals surface area contributed by atoms with Gasteiger partial charge in [0.15, 0.2) is 0 Å². The van der Waals surface area contributed by atoms with E-state index in [0.29, 0.717) is 40.8 Å². The number of nitrogens with one attached hydrogen (secondary N) is 1. The molecule has 5 rings (SSSR count). The van der Waals surface area contributed by atoms with Gasteiger partial charge in [0.25, 0.3) is 5.56 Å². The lowest BCUT2D eigenvalue weighted by Crippen LogP contribution is -2.30. The smallest absolute Gasteiger partial charge is 0.260 e. The number of hydrogen-bond donors (Lipinski definition) is 2. The van der Waals surface area contributed by atoms with Gasteiger partial charge in [0.1, 0.15) is 5.65 Å². The standard InChI is InChI=1S/C21H23ClN4O2/c22-13-3-8-16-17(9-13)20(28)26(14-4-6-15(27)7-5-14)19-18(16)11-24-21(25-19)23-10-12-1-2-12/h3,8-9,11-12,14-15,27H,1-2,4-7,10H2,(H,23,24,25). The molecule has 2 N–H and O–H groups in total. The quantitative estimate of drug-likeness (QED) is 0.651. The average molecular weight is 399 g/mol. The van der Waals surface area contributed by atoms with Crippen LogP contribution in [0.3, 0.4) is 0 Å². The molecule has 2 fully saturated rings. The second kappa shape index (κ2) is 7.01. The van der Waals surface area contributed by atoms with Gasteiger partial charge in [-0.2, -0.15) is 4.98 Å². The summed E-state index contributed by atoms with van der Waals surface area (Å²) in [4.78, 5) is 22.7. The van der Waals surface area contributed by atoms with Crippen LogP contribution in [-0.4, -0.2) is 32.3 Å². The number of rotatable bonds is 4. The molecule has 6 nitrogen and oxygen atoms in total. The second-order valence-electron chi connectivity index (χ2n) is 8.08. The molecule has 0 bridgehead atoms. The molecule has 7 heteroatoms. The number of benzene rings is 1. The van der Waals surface area contributed by atoms with Crippen molar-refractivity contribution in [3.8, 4) is 0 Å². The Balaban J connectivity index is 1.70. The molecular weight excluding hydrogens is 376 g/mol. The molecule has 2 aliphatic rings. The van der Waals surface area contributed by atoms with Crippen molar-refractivity contribution in [2.75, 3.05) is 11.9 Å². The lowest BCUT2D eigenvalue weighted by atomic mass is 9.92. The molecule has 2 saturated carbocycles. The third-order valence-electron chi connectivity index (χ3n) is 5.99. The zero-order chi connectivity index (χ0) is 19.3. The fourth-order valence-electron chi connectivity index (χ4n) is 4.20. The van der Waals surface area contributed by atoms with Gasteiger partial charge in [0.2, 0.25) is 5.95 Å². The molecule has 0 amide bonds. The number of anilines is 1. The number of aliphatic hydroxyl groups is 1. The van der Waals surface area contributed by atoms with Crippen molar-refractivity contribution in [1.29, 1.82) is 0 Å². The van der Waals surface area contributed by atoms with E-state index in [4.69, 9.17) is 16.6 Å². The fourth-order valence-corrected chi connectivity index (χ4v) is 4.37. The second-order valence-corrected chi connectivity index (χ2v) is 8.52. The van der Waals surface area contributed by atoms with Crippen LogP contribution in [0.1, 0.15) is 44.6 Å². The summed E-state index contributed by atoms with van der Waals surface area (Å²) in [5.74, 6) is 1.27. The van der Waals surface area contributed by atoms with Crippen LogP contribution in [0.2, 0.25) is 5.02 Å². The van der Waals surface area contributed by atoms with Crippen molar-refractivity contribution >= 4 is 39.4 Å². The van der Waals surface area contributed by atoms with Gasteiger partial charge in [0, 0.05) is 34.6 Å². The number of halogens is 1. The number of fused-ring (bicyclic) bond motifs is 3. The van der Waals surface area contributed by atoms with Crippen molar-refractivity contribution < 1.29 is 5.11 Å². The normalized spacial score (nSPS) is 22.6. The molecule has 0 aliphatic heterocycles. The number of aliphatic hydroxyl groups excluding tert-OH is 1. The highest BCUT2D eigenvalue weighted by Gasteiger charge is 2.26. The maximum Gasteiger partial charge on any atom is 0.260 e. The lowest BCUT2D eigenvalue weighted by Gasteiger charge is -2.28. The molecule has 2 aliphatic carbocycles. The molecule has 2 heterocycles. The average Bonchev–Trinajstić information content (AvgIpc) is 3.52. The Hall–Kier alpha value is -2.18. The first kappa shape index (κ1) is 17.9. The van der Waals surface area contributed by atoms with Gasteiger partial charge in [-0.3, -0.25) is 9.36 Å². The Bertz CT molecular complexity index is 1100. The minimum Gasteiger partial charge on any atom is -0.393 e. The zero-order valence-corrected chi connectivity index (χ0v) is 16.3. The highest BCUT2D eigenvalue weighted by Crippen LogP contribution is 2.33. The summed E-state index contributed by atoms with van der Waals surface area (Å²) < 4.78 is 1.81. The van der Waals surface area contributed by atoms with Crippen molar-refractivity contribution in [3.05, 3.63) is 39.8 Å². The van der Waals surface area contributed by atoms with Crippen molar-refractivity contribution in [1.82, 2.24) is 14.5 Å². The van der Waals surface area contributed by atoms with Gasteiger partial charge in [0.05, 0.1) is 6.10 Å². The summed E-state index contributed by atoms with van der Waals surface area (Å²) in [5.41, 5.74) is 0.591. The van der Waals surface area contributed by atoms with Crippen LogP contribution in [0.4, 0.5) is 5.95 Å². The fraction of sp³-hybridized carbons (Fsp3) is 0.476. The van der Waals surface area contributed by atoms with E-state index in [1.54, 1.807) is 18.3 Å². The van der Waals surface area contributed by atoms with E-state index in [0.717, 1.165) is 30.2 Å². The van der Waals surface area contributed by atoms with Crippen LogP contribution < -0.4 is 10.9 Å². The molecule has 0 radical (unpaired) electrons. The van der Waals surface area contributed by atoms with E-state index < -0.39 is 0 Å². The van der Waals surface area contributed by atoms with Crippen LogP contribution >= 0.6 is 11.6 Å². The number of hydrogen-bond acceptors (Lipinski definition) is 5. The van der Waals surface area contributed by atoms with Crippen molar-refractivity contribution in [2.45, 2.75) is 50.7 Å². The minimum absolute atomic E-state index is 0.0213. The van der Waals surface area contributed by atoms with E-state index in [2.05, 4.69) is 10.3 Å². The van der Waals surface area contributed by atoms with Crippen molar-refractivity contribution in [2.24, 2.45) is 5.92 Å². The molecule has 1 aromatic carbocycles. The Kier molecular flexibility index (Phi) is 4.48. The maximum atomic E-state index is 13.4. The first-order valence-corrected chi connectivity index (χ1v) is 10.4. The zero-order valence-electron chi connectivity index (χ0n) is 15.6. The van der Waals surface area contributed by atoms with Gasteiger partial charge >= 0.3 is 0 Å². The summed E-state index contributed by atoms with van der Waals surface area (Å²) in [6, 6.07) is 5.42. The number of nitrogens with zero attached hydrogens (tertiary/aromatic N) is 3. The van der Waals surface area contributed by atoms with Crippen LogP contribution in [0.5, 0.6) is 0 Å². The van der Waals surface area contributed by atoms with Crippen LogP contribution in [-0.2, 0) is 0 Å². The third-order valence-corrected chi connectivity index (χ3v) is 6.23. The van der Waals surface area contributed by atoms with E-state index in [9.17, 15) is 9.90 Å². The summed E-state index contributed by atoms with van der Waals surface area (Å²) in [6.45, 7) is 0.870. The van der Waals surface area contributed by atoms with Crippen molar-refractivity contribution in [3.63, 3.8) is 0 Å². The summed E-state index contributed by atoms with van der Waals surface area (Å²) >= 11 is 6.18. The molecule has 3 aromatic rings. The first-order valence-electron chi connectivity index (χ1n) is 10.0. The SMILES string of the molecule is O=c1c2cc(Cl)ccc2c2cnc(NCC3CC3)nc2n1C1CCC(O)CC1. The Morgan fingerprint density at radius 3 is 2.64 bits per heavy atom. The minimum atomic E-state index is -0.279. The third kappa shape index (κ3) is 3.25. The Morgan fingerprint density at radius 1 is 1.11 bits per heavy atom. The highest BCUT2D eigenvalue weighted by atomic mass is 35.5. The predicted molar refractivity (Wildman–Crippen MR) is 111 cm³/mol. The van der Waals surface area contributed by atoms with Gasteiger partial charge in [-0.1, -0.05) is 17.7 Å². The largest absolute Gasteiger partial charge is 0.393 e. The predicted octanol–water partition coefficient (Wildman–Crippen LogP) is 3.90. The maximum absolute atomic E-state index is 13.4. The van der Waals surface area contributed by atoms with Gasteiger partial charge in [-0.15, -0.1) is 0 Å².